The van der Waals surface area contributed by atoms with Gasteiger partial charge in [0.15, 0.2) is 0 Å². The van der Waals surface area contributed by atoms with E-state index in [0.29, 0.717) is 0 Å². The number of nitrogens with zero attached hydrogens (tertiary/aromatic N) is 1. The zero-order chi connectivity index (χ0) is 10.0. The maximum Gasteiger partial charge on any atom is 0.0284 e. The van der Waals surface area contributed by atoms with Gasteiger partial charge in [-0.25, -0.2) is 0 Å². The Morgan fingerprint density at radius 3 is 2.93 bits per heavy atom. The molecule has 0 unspecified atom stereocenters. The molecule has 0 aromatic carbocycles. The predicted octanol–water partition coefficient (Wildman–Crippen LogP) is 0.980. The SMILES string of the molecule is CN(CCc1cc[nH]c1)CC1(N)CC1. The van der Waals surface area contributed by atoms with Crippen LogP contribution in [-0.4, -0.2) is 35.6 Å². The summed E-state index contributed by atoms with van der Waals surface area (Å²) in [5, 5.41) is 0. The number of nitrogens with two attached hydrogens (primary N) is 1. The lowest BCUT2D eigenvalue weighted by Crippen LogP contribution is -2.38. The van der Waals surface area contributed by atoms with E-state index in [4.69, 9.17) is 5.73 Å². The van der Waals surface area contributed by atoms with Gasteiger partial charge in [0, 0.05) is 31.0 Å². The van der Waals surface area contributed by atoms with Gasteiger partial charge in [-0.15, -0.1) is 0 Å². The van der Waals surface area contributed by atoms with Crippen molar-refractivity contribution in [2.45, 2.75) is 24.8 Å². The molecule has 1 aromatic rings. The fourth-order valence-electron chi connectivity index (χ4n) is 1.77. The first-order valence-corrected chi connectivity index (χ1v) is 5.27. The topological polar surface area (TPSA) is 45.0 Å². The molecule has 0 bridgehead atoms. The summed E-state index contributed by atoms with van der Waals surface area (Å²) in [7, 11) is 2.15. The molecular weight excluding hydrogens is 174 g/mol. The highest BCUT2D eigenvalue weighted by molar-refractivity contribution is 5.08. The lowest BCUT2D eigenvalue weighted by molar-refractivity contribution is 0.306. The minimum Gasteiger partial charge on any atom is -0.367 e. The third-order valence-electron chi connectivity index (χ3n) is 2.92. The van der Waals surface area contributed by atoms with Gasteiger partial charge in [-0.05, 0) is 37.9 Å². The largest absolute Gasteiger partial charge is 0.367 e. The molecule has 78 valence electrons. The average Bonchev–Trinajstić information content (AvgIpc) is 2.70. The molecule has 0 radical (unpaired) electrons. The molecule has 1 fully saturated rings. The van der Waals surface area contributed by atoms with E-state index >= 15 is 0 Å². The highest BCUT2D eigenvalue weighted by Gasteiger charge is 2.38. The van der Waals surface area contributed by atoms with Crippen LogP contribution in [0.1, 0.15) is 18.4 Å². The van der Waals surface area contributed by atoms with Crippen molar-refractivity contribution in [1.82, 2.24) is 9.88 Å². The van der Waals surface area contributed by atoms with Crippen LogP contribution in [0.4, 0.5) is 0 Å². The molecule has 1 saturated carbocycles. The Morgan fingerprint density at radius 2 is 2.36 bits per heavy atom. The second-order valence-corrected chi connectivity index (χ2v) is 4.57. The van der Waals surface area contributed by atoms with E-state index in [0.717, 1.165) is 19.5 Å². The molecule has 1 aromatic heterocycles. The third-order valence-corrected chi connectivity index (χ3v) is 2.92. The van der Waals surface area contributed by atoms with Crippen LogP contribution in [0, 0.1) is 0 Å². The van der Waals surface area contributed by atoms with Crippen LogP contribution in [0.2, 0.25) is 0 Å². The summed E-state index contributed by atoms with van der Waals surface area (Å²) in [6.45, 7) is 2.13. The summed E-state index contributed by atoms with van der Waals surface area (Å²) in [5.74, 6) is 0. The Morgan fingerprint density at radius 1 is 1.57 bits per heavy atom. The van der Waals surface area contributed by atoms with E-state index in [1.165, 1.54) is 18.4 Å². The summed E-state index contributed by atoms with van der Waals surface area (Å²) in [4.78, 5) is 5.40. The number of likely N-dealkylation sites (N-methyl/N-ethyl adjacent to an activating group) is 1. The fraction of sp³-hybridized carbons (Fsp3) is 0.636. The van der Waals surface area contributed by atoms with Crippen molar-refractivity contribution in [2.75, 3.05) is 20.1 Å². The first-order valence-electron chi connectivity index (χ1n) is 5.27. The first kappa shape index (κ1) is 9.74. The van der Waals surface area contributed by atoms with Gasteiger partial charge in [-0.3, -0.25) is 0 Å². The molecule has 0 amide bonds. The Kier molecular flexibility index (Phi) is 2.61. The van der Waals surface area contributed by atoms with Crippen molar-refractivity contribution < 1.29 is 0 Å². The van der Waals surface area contributed by atoms with E-state index < -0.39 is 0 Å². The van der Waals surface area contributed by atoms with Crippen LogP contribution >= 0.6 is 0 Å². The Labute approximate surface area is 85.3 Å². The molecule has 0 aliphatic heterocycles. The molecule has 0 spiro atoms. The van der Waals surface area contributed by atoms with Crippen molar-refractivity contribution in [3.8, 4) is 0 Å². The molecule has 3 N–H and O–H groups in total. The summed E-state index contributed by atoms with van der Waals surface area (Å²) in [6.07, 6.45) is 7.53. The van der Waals surface area contributed by atoms with E-state index in [1.54, 1.807) is 0 Å². The summed E-state index contributed by atoms with van der Waals surface area (Å²) in [6, 6.07) is 2.13. The van der Waals surface area contributed by atoms with Gasteiger partial charge in [0.25, 0.3) is 0 Å². The number of hydrogen-bond acceptors (Lipinski definition) is 2. The van der Waals surface area contributed by atoms with Crippen LogP contribution in [0.25, 0.3) is 0 Å². The molecule has 1 aliphatic carbocycles. The van der Waals surface area contributed by atoms with Gasteiger partial charge in [-0.1, -0.05) is 0 Å². The van der Waals surface area contributed by atoms with Crippen molar-refractivity contribution >= 4 is 0 Å². The summed E-state index contributed by atoms with van der Waals surface area (Å²) in [5.41, 5.74) is 7.57. The van der Waals surface area contributed by atoms with Crippen LogP contribution in [0.5, 0.6) is 0 Å². The highest BCUT2D eigenvalue weighted by Crippen LogP contribution is 2.32. The molecule has 1 aliphatic rings. The van der Waals surface area contributed by atoms with Crippen LogP contribution < -0.4 is 5.73 Å². The van der Waals surface area contributed by atoms with Gasteiger partial charge in [-0.2, -0.15) is 0 Å². The molecule has 14 heavy (non-hydrogen) atoms. The monoisotopic (exact) mass is 193 g/mol. The number of aromatic amines is 1. The van der Waals surface area contributed by atoms with E-state index in [2.05, 4.69) is 29.2 Å². The molecule has 2 rings (SSSR count). The van der Waals surface area contributed by atoms with Crippen molar-refractivity contribution in [1.29, 1.82) is 0 Å². The smallest absolute Gasteiger partial charge is 0.0284 e. The maximum atomic E-state index is 6.05. The van der Waals surface area contributed by atoms with Crippen LogP contribution in [-0.2, 0) is 6.42 Å². The van der Waals surface area contributed by atoms with Gasteiger partial charge in [0.1, 0.15) is 0 Å². The minimum atomic E-state index is 0.146. The lowest BCUT2D eigenvalue weighted by Gasteiger charge is -2.20. The number of H-pyrrole nitrogens is 1. The second kappa shape index (κ2) is 3.75. The fourth-order valence-corrected chi connectivity index (χ4v) is 1.77. The van der Waals surface area contributed by atoms with Crippen LogP contribution in [0.15, 0.2) is 18.5 Å². The van der Waals surface area contributed by atoms with Crippen molar-refractivity contribution in [3.05, 3.63) is 24.0 Å². The highest BCUT2D eigenvalue weighted by atomic mass is 15.1. The quantitative estimate of drug-likeness (QED) is 0.732. The zero-order valence-electron chi connectivity index (χ0n) is 8.79. The van der Waals surface area contributed by atoms with Crippen molar-refractivity contribution in [2.24, 2.45) is 5.73 Å². The number of rotatable bonds is 5. The van der Waals surface area contributed by atoms with E-state index in [-0.39, 0.29) is 5.54 Å². The van der Waals surface area contributed by atoms with E-state index in [1.807, 2.05) is 6.20 Å². The normalized spacial score (nSPS) is 18.8. The number of aromatic nitrogens is 1. The summed E-state index contributed by atoms with van der Waals surface area (Å²) >= 11 is 0. The van der Waals surface area contributed by atoms with E-state index in [9.17, 15) is 0 Å². The van der Waals surface area contributed by atoms with Crippen LogP contribution in [0.3, 0.4) is 0 Å². The van der Waals surface area contributed by atoms with Gasteiger partial charge in [0.2, 0.25) is 0 Å². The number of hydrogen-bond donors (Lipinski definition) is 2. The molecule has 0 saturated heterocycles. The molecule has 3 heteroatoms. The zero-order valence-corrected chi connectivity index (χ0v) is 8.79. The van der Waals surface area contributed by atoms with Gasteiger partial charge in [0.05, 0.1) is 0 Å². The van der Waals surface area contributed by atoms with Gasteiger partial charge < -0.3 is 15.6 Å². The third kappa shape index (κ3) is 2.59. The Bertz CT molecular complexity index is 275. The molecule has 1 heterocycles. The Hall–Kier alpha value is -0.800. The Balaban J connectivity index is 1.70. The minimum absolute atomic E-state index is 0.146. The first-order chi connectivity index (χ1) is 6.68. The molecule has 0 atom stereocenters. The standard InChI is InChI=1S/C11H19N3/c1-14(9-11(12)4-5-11)7-3-10-2-6-13-8-10/h2,6,8,13H,3-5,7,9,12H2,1H3. The van der Waals surface area contributed by atoms with Gasteiger partial charge >= 0.3 is 0 Å². The maximum absolute atomic E-state index is 6.05. The molecule has 3 nitrogen and oxygen atoms in total. The predicted molar refractivity (Wildman–Crippen MR) is 58.1 cm³/mol. The second-order valence-electron chi connectivity index (χ2n) is 4.57. The molecular formula is C11H19N3. The van der Waals surface area contributed by atoms with Crippen molar-refractivity contribution in [3.63, 3.8) is 0 Å². The average molecular weight is 193 g/mol. The number of nitrogens with one attached hydrogen (secondary N) is 1. The summed E-state index contributed by atoms with van der Waals surface area (Å²) < 4.78 is 0. The lowest BCUT2D eigenvalue weighted by atomic mass is 10.2.